The van der Waals surface area contributed by atoms with Crippen LogP contribution >= 0.6 is 0 Å². The van der Waals surface area contributed by atoms with Crippen molar-refractivity contribution in [3.63, 3.8) is 0 Å². The number of carbonyl (C=O) groups is 1. The first-order valence-electron chi connectivity index (χ1n) is 4.98. The van der Waals surface area contributed by atoms with Gasteiger partial charge in [-0.05, 0) is 0 Å². The number of hydrogen-bond acceptors (Lipinski definition) is 4. The van der Waals surface area contributed by atoms with Crippen molar-refractivity contribution in [3.05, 3.63) is 0 Å². The van der Waals surface area contributed by atoms with Crippen LogP contribution < -0.4 is 5.73 Å². The van der Waals surface area contributed by atoms with Crippen molar-refractivity contribution in [2.45, 2.75) is 0 Å². The van der Waals surface area contributed by atoms with Gasteiger partial charge < -0.3 is 15.4 Å². The molecule has 1 aliphatic heterocycles. The van der Waals surface area contributed by atoms with Crippen molar-refractivity contribution in [2.75, 3.05) is 53.0 Å². The van der Waals surface area contributed by atoms with E-state index in [4.69, 9.17) is 10.5 Å². The Morgan fingerprint density at radius 1 is 1.43 bits per heavy atom. The summed E-state index contributed by atoms with van der Waals surface area (Å²) >= 11 is 0. The number of hydrogen-bond donors (Lipinski definition) is 1. The lowest BCUT2D eigenvalue weighted by molar-refractivity contribution is -0.134. The van der Waals surface area contributed by atoms with E-state index in [0.717, 1.165) is 19.6 Å². The zero-order valence-corrected chi connectivity index (χ0v) is 8.74. The second-order valence-electron chi connectivity index (χ2n) is 3.49. The molecule has 0 spiro atoms. The van der Waals surface area contributed by atoms with Gasteiger partial charge in [0, 0.05) is 33.2 Å². The highest BCUT2D eigenvalue weighted by Crippen LogP contribution is 1.99. The molecule has 5 heteroatoms. The maximum atomic E-state index is 11.3. The molecule has 1 amide bonds. The first-order chi connectivity index (χ1) is 6.74. The standard InChI is InChI=1S/C9H19N3O2/c1-11-3-4-12(8-9(11)13)5-7-14-6-2-10/h2-8,10H2,1H3. The van der Waals surface area contributed by atoms with Gasteiger partial charge in [-0.25, -0.2) is 0 Å². The van der Waals surface area contributed by atoms with Gasteiger partial charge in [-0.3, -0.25) is 9.69 Å². The number of piperazine rings is 1. The zero-order valence-electron chi connectivity index (χ0n) is 8.74. The highest BCUT2D eigenvalue weighted by molar-refractivity contribution is 5.78. The number of carbonyl (C=O) groups excluding carboxylic acids is 1. The normalized spacial score (nSPS) is 19.0. The average molecular weight is 201 g/mol. The summed E-state index contributed by atoms with van der Waals surface area (Å²) in [6, 6.07) is 0. The summed E-state index contributed by atoms with van der Waals surface area (Å²) in [7, 11) is 1.84. The molecule has 1 saturated heterocycles. The highest BCUT2D eigenvalue weighted by atomic mass is 16.5. The van der Waals surface area contributed by atoms with Crippen molar-refractivity contribution in [1.82, 2.24) is 9.80 Å². The molecule has 1 heterocycles. The Kier molecular flexibility index (Phi) is 4.86. The van der Waals surface area contributed by atoms with Gasteiger partial charge in [0.15, 0.2) is 0 Å². The number of ether oxygens (including phenoxy) is 1. The van der Waals surface area contributed by atoms with Gasteiger partial charge in [0.1, 0.15) is 0 Å². The van der Waals surface area contributed by atoms with Gasteiger partial charge in [-0.15, -0.1) is 0 Å². The van der Waals surface area contributed by atoms with E-state index in [1.165, 1.54) is 0 Å². The molecule has 0 saturated carbocycles. The predicted octanol–water partition coefficient (Wildman–Crippen LogP) is -1.26. The van der Waals surface area contributed by atoms with E-state index in [1.54, 1.807) is 4.90 Å². The summed E-state index contributed by atoms with van der Waals surface area (Å²) in [6.07, 6.45) is 0. The molecule has 0 atom stereocenters. The average Bonchev–Trinajstić information content (AvgIpc) is 2.18. The number of nitrogens with zero attached hydrogens (tertiary/aromatic N) is 2. The molecule has 1 aliphatic rings. The Balaban J connectivity index is 2.11. The molecule has 2 N–H and O–H groups in total. The van der Waals surface area contributed by atoms with Crippen molar-refractivity contribution in [2.24, 2.45) is 5.73 Å². The topological polar surface area (TPSA) is 58.8 Å². The Morgan fingerprint density at radius 2 is 2.21 bits per heavy atom. The molecule has 1 fully saturated rings. The van der Waals surface area contributed by atoms with Crippen LogP contribution in [-0.4, -0.2) is 68.7 Å². The summed E-state index contributed by atoms with van der Waals surface area (Å²) in [5, 5.41) is 0. The molecular formula is C9H19N3O2. The Bertz CT molecular complexity index is 187. The van der Waals surface area contributed by atoms with Gasteiger partial charge in [0.25, 0.3) is 0 Å². The number of amides is 1. The molecule has 0 radical (unpaired) electrons. The smallest absolute Gasteiger partial charge is 0.236 e. The molecule has 0 bridgehead atoms. The third kappa shape index (κ3) is 3.61. The van der Waals surface area contributed by atoms with E-state index in [1.807, 2.05) is 7.05 Å². The predicted molar refractivity (Wildman–Crippen MR) is 54.0 cm³/mol. The van der Waals surface area contributed by atoms with Crippen LogP contribution in [0, 0.1) is 0 Å². The molecule has 0 aliphatic carbocycles. The molecule has 14 heavy (non-hydrogen) atoms. The van der Waals surface area contributed by atoms with Crippen LogP contribution in [0.1, 0.15) is 0 Å². The van der Waals surface area contributed by atoms with Gasteiger partial charge in [0.05, 0.1) is 19.8 Å². The van der Waals surface area contributed by atoms with Crippen LogP contribution in [-0.2, 0) is 9.53 Å². The van der Waals surface area contributed by atoms with Crippen LogP contribution in [0.4, 0.5) is 0 Å². The molecule has 1 rings (SSSR count). The van der Waals surface area contributed by atoms with Gasteiger partial charge in [-0.1, -0.05) is 0 Å². The maximum absolute atomic E-state index is 11.3. The van der Waals surface area contributed by atoms with Crippen LogP contribution in [0.2, 0.25) is 0 Å². The molecule has 0 aromatic heterocycles. The first-order valence-corrected chi connectivity index (χ1v) is 4.98. The third-order valence-electron chi connectivity index (χ3n) is 2.35. The Labute approximate surface area is 84.8 Å². The van der Waals surface area contributed by atoms with E-state index >= 15 is 0 Å². The van der Waals surface area contributed by atoms with Crippen LogP contribution in [0.3, 0.4) is 0 Å². The van der Waals surface area contributed by atoms with Crippen LogP contribution in [0.15, 0.2) is 0 Å². The summed E-state index contributed by atoms with van der Waals surface area (Å²) in [5.41, 5.74) is 5.29. The second kappa shape index (κ2) is 5.95. The van der Waals surface area contributed by atoms with E-state index in [2.05, 4.69) is 4.90 Å². The zero-order chi connectivity index (χ0) is 10.4. The molecule has 0 aromatic carbocycles. The number of nitrogens with two attached hydrogens (primary N) is 1. The number of likely N-dealkylation sites (N-methyl/N-ethyl adjacent to an activating group) is 1. The van der Waals surface area contributed by atoms with E-state index in [0.29, 0.717) is 26.3 Å². The summed E-state index contributed by atoms with van der Waals surface area (Å²) in [6.45, 7) is 4.91. The first kappa shape index (κ1) is 11.4. The lowest BCUT2D eigenvalue weighted by atomic mass is 10.3. The third-order valence-corrected chi connectivity index (χ3v) is 2.35. The van der Waals surface area contributed by atoms with Crippen LogP contribution in [0.25, 0.3) is 0 Å². The van der Waals surface area contributed by atoms with Gasteiger partial charge in [-0.2, -0.15) is 0 Å². The summed E-state index contributed by atoms with van der Waals surface area (Å²) in [4.78, 5) is 15.2. The fourth-order valence-electron chi connectivity index (χ4n) is 1.38. The van der Waals surface area contributed by atoms with Crippen molar-refractivity contribution < 1.29 is 9.53 Å². The maximum Gasteiger partial charge on any atom is 0.236 e. The lowest BCUT2D eigenvalue weighted by Gasteiger charge is -2.31. The fourth-order valence-corrected chi connectivity index (χ4v) is 1.38. The van der Waals surface area contributed by atoms with Crippen molar-refractivity contribution >= 4 is 5.91 Å². The largest absolute Gasteiger partial charge is 0.379 e. The minimum Gasteiger partial charge on any atom is -0.379 e. The Hall–Kier alpha value is -0.650. The van der Waals surface area contributed by atoms with Gasteiger partial charge in [0.2, 0.25) is 5.91 Å². The van der Waals surface area contributed by atoms with Gasteiger partial charge >= 0.3 is 0 Å². The quantitative estimate of drug-likeness (QED) is 0.564. The molecular weight excluding hydrogens is 182 g/mol. The molecule has 82 valence electrons. The molecule has 0 unspecified atom stereocenters. The Morgan fingerprint density at radius 3 is 2.86 bits per heavy atom. The fraction of sp³-hybridized carbons (Fsp3) is 0.889. The van der Waals surface area contributed by atoms with Crippen LogP contribution in [0.5, 0.6) is 0 Å². The molecule has 0 aromatic rings. The SMILES string of the molecule is CN1CCN(CCOCCN)CC1=O. The van der Waals surface area contributed by atoms with Crippen molar-refractivity contribution in [1.29, 1.82) is 0 Å². The lowest BCUT2D eigenvalue weighted by Crippen LogP contribution is -2.49. The van der Waals surface area contributed by atoms with E-state index in [9.17, 15) is 4.79 Å². The van der Waals surface area contributed by atoms with Crippen molar-refractivity contribution in [3.8, 4) is 0 Å². The summed E-state index contributed by atoms with van der Waals surface area (Å²) < 4.78 is 5.26. The van der Waals surface area contributed by atoms with E-state index in [-0.39, 0.29) is 5.91 Å². The minimum absolute atomic E-state index is 0.190. The highest BCUT2D eigenvalue weighted by Gasteiger charge is 2.19. The molecule has 5 nitrogen and oxygen atoms in total. The number of rotatable bonds is 5. The second-order valence-corrected chi connectivity index (χ2v) is 3.49. The van der Waals surface area contributed by atoms with E-state index < -0.39 is 0 Å². The minimum atomic E-state index is 0.190. The summed E-state index contributed by atoms with van der Waals surface area (Å²) in [5.74, 6) is 0.190. The monoisotopic (exact) mass is 201 g/mol.